The van der Waals surface area contributed by atoms with Crippen LogP contribution in [-0.2, 0) is 23.6 Å². The van der Waals surface area contributed by atoms with Crippen molar-refractivity contribution in [3.8, 4) is 0 Å². The van der Waals surface area contributed by atoms with Gasteiger partial charge in [0.05, 0.1) is 16.0 Å². The van der Waals surface area contributed by atoms with Gasteiger partial charge in [-0.2, -0.15) is 9.40 Å². The molecule has 110 valence electrons. The van der Waals surface area contributed by atoms with Crippen LogP contribution in [0.3, 0.4) is 0 Å². The molecule has 0 radical (unpaired) electrons. The summed E-state index contributed by atoms with van der Waals surface area (Å²) in [5.74, 6) is 0. The Morgan fingerprint density at radius 3 is 2.55 bits per heavy atom. The van der Waals surface area contributed by atoms with Crippen LogP contribution < -0.4 is 0 Å². The molecule has 0 saturated carbocycles. The number of sulfonamides is 1. The molecule has 2 aromatic heterocycles. The fourth-order valence-electron chi connectivity index (χ4n) is 1.52. The number of nitrogens with zero attached hydrogens (tertiary/aromatic N) is 3. The van der Waals surface area contributed by atoms with E-state index in [1.165, 1.54) is 16.0 Å². The van der Waals surface area contributed by atoms with Crippen LogP contribution in [0.1, 0.15) is 5.69 Å². The van der Waals surface area contributed by atoms with Crippen LogP contribution in [0.25, 0.3) is 0 Å². The molecule has 0 bridgehead atoms. The zero-order valence-electron chi connectivity index (χ0n) is 10.5. The highest BCUT2D eigenvalue weighted by Gasteiger charge is 2.25. The van der Waals surface area contributed by atoms with E-state index in [1.54, 1.807) is 19.2 Å². The molecule has 0 atom stereocenters. The number of thiophene rings is 1. The lowest BCUT2D eigenvalue weighted by Gasteiger charge is -2.14. The lowest BCUT2D eigenvalue weighted by atomic mass is 10.4. The first-order chi connectivity index (χ1) is 9.23. The molecule has 0 aliphatic heterocycles. The molecule has 0 aromatic carbocycles. The molecule has 5 nitrogen and oxygen atoms in total. The van der Waals surface area contributed by atoms with E-state index in [2.05, 4.69) is 21.0 Å². The van der Waals surface area contributed by atoms with Crippen molar-refractivity contribution in [2.75, 3.05) is 7.05 Å². The van der Waals surface area contributed by atoms with Crippen LogP contribution in [0.5, 0.6) is 0 Å². The number of halogens is 3. The highest BCUT2D eigenvalue weighted by atomic mass is 79.9. The van der Waals surface area contributed by atoms with Crippen molar-refractivity contribution in [2.24, 2.45) is 7.05 Å². The van der Waals surface area contributed by atoms with Crippen molar-refractivity contribution in [3.63, 3.8) is 0 Å². The standard InChI is InChI=1S/C10H10BrCl2N3O2S2/c1-15(5-6-9(12)10(13)16(2)14-6)20(17,18)8-4-3-7(11)19-8/h3-4H,5H2,1-2H3. The van der Waals surface area contributed by atoms with Gasteiger partial charge in [0.15, 0.2) is 0 Å². The van der Waals surface area contributed by atoms with Gasteiger partial charge in [-0.1, -0.05) is 23.2 Å². The summed E-state index contributed by atoms with van der Waals surface area (Å²) < 4.78 is 28.3. The Morgan fingerprint density at radius 2 is 2.10 bits per heavy atom. The van der Waals surface area contributed by atoms with Gasteiger partial charge >= 0.3 is 0 Å². The van der Waals surface area contributed by atoms with Gasteiger partial charge in [0, 0.05) is 14.1 Å². The SMILES string of the molecule is CN(Cc1nn(C)c(Cl)c1Cl)S(=O)(=O)c1ccc(Br)s1. The number of aromatic nitrogens is 2. The van der Waals surface area contributed by atoms with Crippen molar-refractivity contribution in [1.82, 2.24) is 14.1 Å². The maximum atomic E-state index is 12.4. The minimum atomic E-state index is -3.57. The third-order valence-electron chi connectivity index (χ3n) is 2.57. The van der Waals surface area contributed by atoms with Gasteiger partial charge in [-0.15, -0.1) is 11.3 Å². The van der Waals surface area contributed by atoms with Crippen LogP contribution in [0.4, 0.5) is 0 Å². The Balaban J connectivity index is 2.27. The number of rotatable bonds is 4. The number of hydrogen-bond acceptors (Lipinski definition) is 4. The molecule has 0 fully saturated rings. The van der Waals surface area contributed by atoms with Crippen LogP contribution in [0.2, 0.25) is 10.2 Å². The maximum absolute atomic E-state index is 12.4. The summed E-state index contributed by atoms with van der Waals surface area (Å²) in [7, 11) is -0.450. The smallest absolute Gasteiger partial charge is 0.252 e. The molecule has 0 aliphatic carbocycles. The van der Waals surface area contributed by atoms with E-state index in [4.69, 9.17) is 23.2 Å². The number of aryl methyl sites for hydroxylation is 1. The second-order valence-electron chi connectivity index (χ2n) is 3.99. The van der Waals surface area contributed by atoms with Crippen molar-refractivity contribution < 1.29 is 8.42 Å². The van der Waals surface area contributed by atoms with Crippen molar-refractivity contribution in [2.45, 2.75) is 10.8 Å². The Kier molecular flexibility index (Phi) is 4.83. The largest absolute Gasteiger partial charge is 0.255 e. The second kappa shape index (κ2) is 5.94. The summed E-state index contributed by atoms with van der Waals surface area (Å²) >= 11 is 16.3. The third kappa shape index (κ3) is 3.05. The molecule has 0 amide bonds. The quantitative estimate of drug-likeness (QED) is 0.764. The molecule has 2 aromatic rings. The Hall–Kier alpha value is -0.120. The Labute approximate surface area is 139 Å². The molecular weight excluding hydrogens is 409 g/mol. The van der Waals surface area contributed by atoms with E-state index in [-0.39, 0.29) is 20.9 Å². The molecule has 2 heterocycles. The van der Waals surface area contributed by atoms with Crippen LogP contribution in [-0.4, -0.2) is 29.6 Å². The van der Waals surface area contributed by atoms with E-state index in [9.17, 15) is 8.42 Å². The summed E-state index contributed by atoms with van der Waals surface area (Å²) in [4.78, 5) is 0. The molecule has 0 saturated heterocycles. The lowest BCUT2D eigenvalue weighted by Crippen LogP contribution is -2.26. The van der Waals surface area contributed by atoms with E-state index >= 15 is 0 Å². The first-order valence-electron chi connectivity index (χ1n) is 5.32. The molecule has 0 spiro atoms. The first-order valence-corrected chi connectivity index (χ1v) is 9.12. The van der Waals surface area contributed by atoms with Crippen molar-refractivity contribution >= 4 is 60.5 Å². The summed E-state index contributed by atoms with van der Waals surface area (Å²) in [6.07, 6.45) is 0. The predicted molar refractivity (Wildman–Crippen MR) is 83.9 cm³/mol. The van der Waals surface area contributed by atoms with Gasteiger partial charge in [0.25, 0.3) is 10.0 Å². The van der Waals surface area contributed by atoms with E-state index < -0.39 is 10.0 Å². The molecular formula is C10H10BrCl2N3O2S2. The van der Waals surface area contributed by atoms with Gasteiger partial charge in [-0.3, -0.25) is 4.68 Å². The van der Waals surface area contributed by atoms with Crippen LogP contribution in [0.15, 0.2) is 20.1 Å². The topological polar surface area (TPSA) is 55.2 Å². The predicted octanol–water partition coefficient (Wildman–Crippen LogP) is 3.37. The first kappa shape index (κ1) is 16.3. The van der Waals surface area contributed by atoms with Crippen LogP contribution in [0, 0.1) is 0 Å². The molecule has 20 heavy (non-hydrogen) atoms. The molecule has 0 unspecified atom stereocenters. The minimum absolute atomic E-state index is 0.0528. The fraction of sp³-hybridized carbons (Fsp3) is 0.300. The van der Waals surface area contributed by atoms with Gasteiger partial charge < -0.3 is 0 Å². The lowest BCUT2D eigenvalue weighted by molar-refractivity contribution is 0.461. The summed E-state index contributed by atoms with van der Waals surface area (Å²) in [6.45, 7) is 0.0528. The Morgan fingerprint density at radius 1 is 1.45 bits per heavy atom. The van der Waals surface area contributed by atoms with Gasteiger partial charge in [0.1, 0.15) is 14.4 Å². The average molecular weight is 419 g/mol. The monoisotopic (exact) mass is 417 g/mol. The van der Waals surface area contributed by atoms with Crippen molar-refractivity contribution in [3.05, 3.63) is 31.8 Å². The average Bonchev–Trinajstić information content (AvgIpc) is 2.91. The maximum Gasteiger partial charge on any atom is 0.252 e. The fourth-order valence-corrected chi connectivity index (χ4v) is 5.24. The zero-order chi connectivity index (χ0) is 15.1. The Bertz CT molecular complexity index is 742. The van der Waals surface area contributed by atoms with E-state index in [0.717, 1.165) is 15.1 Å². The highest BCUT2D eigenvalue weighted by molar-refractivity contribution is 9.11. The molecule has 0 aliphatic rings. The zero-order valence-corrected chi connectivity index (χ0v) is 15.2. The summed E-state index contributed by atoms with van der Waals surface area (Å²) in [5, 5.41) is 4.65. The van der Waals surface area contributed by atoms with Gasteiger partial charge in [-0.05, 0) is 28.1 Å². The minimum Gasteiger partial charge on any atom is -0.255 e. The molecule has 10 heteroatoms. The summed E-state index contributed by atoms with van der Waals surface area (Å²) in [6, 6.07) is 3.24. The van der Waals surface area contributed by atoms with Crippen molar-refractivity contribution in [1.29, 1.82) is 0 Å². The molecule has 0 N–H and O–H groups in total. The summed E-state index contributed by atoms with van der Waals surface area (Å²) in [5.41, 5.74) is 0.417. The van der Waals surface area contributed by atoms with E-state index in [1.807, 2.05) is 0 Å². The number of hydrogen-bond donors (Lipinski definition) is 0. The molecule has 2 rings (SSSR count). The van der Waals surface area contributed by atoms with Crippen LogP contribution >= 0.6 is 50.5 Å². The third-order valence-corrected chi connectivity index (χ3v) is 7.40. The van der Waals surface area contributed by atoms with E-state index in [0.29, 0.717) is 5.69 Å². The second-order valence-corrected chi connectivity index (χ2v) is 9.47. The highest BCUT2D eigenvalue weighted by Crippen LogP contribution is 2.30. The van der Waals surface area contributed by atoms with Gasteiger partial charge in [-0.25, -0.2) is 8.42 Å². The normalized spacial score (nSPS) is 12.3. The van der Waals surface area contributed by atoms with Gasteiger partial charge in [0.2, 0.25) is 0 Å².